The van der Waals surface area contributed by atoms with E-state index in [-0.39, 0.29) is 18.3 Å². The van der Waals surface area contributed by atoms with E-state index >= 15 is 0 Å². The number of carbonyl (C=O) groups excluding carboxylic acids is 3. The van der Waals surface area contributed by atoms with Gasteiger partial charge in [-0.15, -0.1) is 0 Å². The van der Waals surface area contributed by atoms with Gasteiger partial charge >= 0.3 is 11.8 Å². The molecule has 10 nitrogen and oxygen atoms in total. The number of fused-ring (bicyclic) bond motifs is 2. The Bertz CT molecular complexity index is 1220. The van der Waals surface area contributed by atoms with Gasteiger partial charge in [-0.2, -0.15) is 0 Å². The van der Waals surface area contributed by atoms with Gasteiger partial charge in [-0.1, -0.05) is 23.7 Å². The third-order valence-corrected chi connectivity index (χ3v) is 6.72. The maximum atomic E-state index is 13.1. The fourth-order valence-electron chi connectivity index (χ4n) is 4.64. The van der Waals surface area contributed by atoms with Crippen LogP contribution in [0.2, 0.25) is 5.02 Å². The molecule has 0 radical (unpaired) electrons. The van der Waals surface area contributed by atoms with Gasteiger partial charge in [-0.3, -0.25) is 23.7 Å². The number of aromatic hydroxyl groups is 1. The van der Waals surface area contributed by atoms with Crippen molar-refractivity contribution in [3.8, 4) is 5.75 Å². The molecule has 2 aromatic rings. The topological polar surface area (TPSA) is 134 Å². The van der Waals surface area contributed by atoms with Crippen LogP contribution in [-0.4, -0.2) is 51.4 Å². The first-order chi connectivity index (χ1) is 16.1. The molecule has 2 bridgehead atoms. The summed E-state index contributed by atoms with van der Waals surface area (Å²) in [6, 6.07) is 6.91. The summed E-state index contributed by atoms with van der Waals surface area (Å²) in [5, 5.41) is 16.5. The van der Waals surface area contributed by atoms with Crippen LogP contribution in [0.25, 0.3) is 0 Å². The third kappa shape index (κ3) is 4.37. The van der Waals surface area contributed by atoms with Gasteiger partial charge < -0.3 is 20.6 Å². The first-order valence-corrected chi connectivity index (χ1v) is 11.4. The van der Waals surface area contributed by atoms with Gasteiger partial charge in [0.15, 0.2) is 5.69 Å². The predicted octanol–water partition coefficient (Wildman–Crippen LogP) is 1.14. The lowest BCUT2D eigenvalue weighted by molar-refractivity contribution is -0.145. The molecule has 1 fully saturated rings. The van der Waals surface area contributed by atoms with Crippen molar-refractivity contribution in [2.24, 2.45) is 5.92 Å². The van der Waals surface area contributed by atoms with Crippen LogP contribution >= 0.6 is 11.6 Å². The number of likely N-dealkylation sites (N-methyl/N-ethyl adjacent to an activating group) is 1. The number of nitrogens with zero attached hydrogens (tertiary/aromatic N) is 3. The molecular weight excluding hydrogens is 462 g/mol. The van der Waals surface area contributed by atoms with E-state index in [9.17, 15) is 24.3 Å². The van der Waals surface area contributed by atoms with Gasteiger partial charge in [-0.05, 0) is 49.3 Å². The van der Waals surface area contributed by atoms with Gasteiger partial charge in [0, 0.05) is 32.2 Å². The molecule has 0 spiro atoms. The highest BCUT2D eigenvalue weighted by molar-refractivity contribution is 6.35. The van der Waals surface area contributed by atoms with Crippen LogP contribution in [0, 0.1) is 5.92 Å². The number of benzene rings is 1. The normalized spacial score (nSPS) is 20.7. The zero-order valence-electron chi connectivity index (χ0n) is 18.9. The van der Waals surface area contributed by atoms with Crippen LogP contribution in [-0.2, 0) is 28.2 Å². The zero-order valence-corrected chi connectivity index (χ0v) is 19.7. The molecule has 0 atom stereocenters. The van der Waals surface area contributed by atoms with Crippen LogP contribution in [0.3, 0.4) is 0 Å². The average Bonchev–Trinajstić information content (AvgIpc) is 3.05. The molecule has 5 rings (SSSR count). The SMILES string of the molecule is CN(C)C(=O)C(=O)NC12CCC(CC1)Cn1c2nc(C(=O)NCc2cccc(Cl)c2)c(O)c1=O. The molecule has 3 aliphatic rings. The van der Waals surface area contributed by atoms with Crippen molar-refractivity contribution in [2.75, 3.05) is 14.1 Å². The van der Waals surface area contributed by atoms with E-state index in [4.69, 9.17) is 11.6 Å². The summed E-state index contributed by atoms with van der Waals surface area (Å²) >= 11 is 5.98. The molecule has 3 amide bonds. The maximum Gasteiger partial charge on any atom is 0.311 e. The number of hydrogen-bond donors (Lipinski definition) is 3. The molecular formula is C23H26ClN5O5. The van der Waals surface area contributed by atoms with Crippen LogP contribution in [0.1, 0.15) is 47.6 Å². The minimum Gasteiger partial charge on any atom is -0.501 e. The highest BCUT2D eigenvalue weighted by Gasteiger charge is 2.46. The van der Waals surface area contributed by atoms with Crippen LogP contribution in [0.15, 0.2) is 29.1 Å². The van der Waals surface area contributed by atoms with E-state index in [0.29, 0.717) is 37.3 Å². The first kappa shape index (κ1) is 23.7. The molecule has 1 aromatic heterocycles. The van der Waals surface area contributed by atoms with Crippen molar-refractivity contribution in [3.63, 3.8) is 0 Å². The zero-order chi connectivity index (χ0) is 24.6. The van der Waals surface area contributed by atoms with Crippen LogP contribution in [0.4, 0.5) is 0 Å². The van der Waals surface area contributed by atoms with Gasteiger partial charge in [0.25, 0.3) is 11.5 Å². The number of halogens is 1. The summed E-state index contributed by atoms with van der Waals surface area (Å²) in [4.78, 5) is 56.5. The Labute approximate surface area is 200 Å². The highest BCUT2D eigenvalue weighted by atomic mass is 35.5. The Hall–Kier alpha value is -3.40. The quantitative estimate of drug-likeness (QED) is 0.554. The largest absolute Gasteiger partial charge is 0.501 e. The number of carbonyl (C=O) groups is 3. The smallest absolute Gasteiger partial charge is 0.311 e. The molecule has 11 heteroatoms. The number of nitrogens with one attached hydrogen (secondary N) is 2. The molecule has 1 saturated carbocycles. The summed E-state index contributed by atoms with van der Waals surface area (Å²) in [5.41, 5.74) is -1.53. The van der Waals surface area contributed by atoms with E-state index in [1.54, 1.807) is 24.3 Å². The van der Waals surface area contributed by atoms with Crippen LogP contribution < -0.4 is 16.2 Å². The van der Waals surface area contributed by atoms with Crippen LogP contribution in [0.5, 0.6) is 5.75 Å². The second-order valence-corrected chi connectivity index (χ2v) is 9.48. The van der Waals surface area contributed by atoms with Crippen molar-refractivity contribution in [1.29, 1.82) is 0 Å². The monoisotopic (exact) mass is 487 g/mol. The van der Waals surface area contributed by atoms with Gasteiger partial charge in [0.2, 0.25) is 5.75 Å². The van der Waals surface area contributed by atoms with Crippen molar-refractivity contribution < 1.29 is 19.5 Å². The summed E-state index contributed by atoms with van der Waals surface area (Å²) in [5.74, 6) is -2.68. The Balaban J connectivity index is 1.71. The second kappa shape index (κ2) is 9.09. The molecule has 1 aromatic carbocycles. The Morgan fingerprint density at radius 1 is 1.26 bits per heavy atom. The number of aromatic nitrogens is 2. The second-order valence-electron chi connectivity index (χ2n) is 9.04. The molecule has 2 aliphatic heterocycles. The average molecular weight is 488 g/mol. The molecule has 34 heavy (non-hydrogen) atoms. The predicted molar refractivity (Wildman–Crippen MR) is 123 cm³/mol. The fourth-order valence-corrected chi connectivity index (χ4v) is 4.85. The number of hydrogen-bond acceptors (Lipinski definition) is 6. The lowest BCUT2D eigenvalue weighted by Crippen LogP contribution is -2.53. The molecule has 3 N–H and O–H groups in total. The molecule has 3 heterocycles. The summed E-state index contributed by atoms with van der Waals surface area (Å²) < 4.78 is 1.33. The van der Waals surface area contributed by atoms with E-state index < -0.39 is 40.3 Å². The molecule has 0 unspecified atom stereocenters. The van der Waals surface area contributed by atoms with Crippen molar-refractivity contribution in [3.05, 3.63) is 56.7 Å². The lowest BCUT2D eigenvalue weighted by Gasteiger charge is -2.37. The summed E-state index contributed by atoms with van der Waals surface area (Å²) in [6.07, 6.45) is 2.34. The van der Waals surface area contributed by atoms with E-state index in [0.717, 1.165) is 5.56 Å². The lowest BCUT2D eigenvalue weighted by atomic mass is 9.77. The third-order valence-electron chi connectivity index (χ3n) is 6.48. The molecule has 0 saturated heterocycles. The Morgan fingerprint density at radius 3 is 2.62 bits per heavy atom. The van der Waals surface area contributed by atoms with Crippen molar-refractivity contribution in [2.45, 2.75) is 44.3 Å². The summed E-state index contributed by atoms with van der Waals surface area (Å²) in [6.45, 7) is 0.429. The van der Waals surface area contributed by atoms with E-state index in [1.165, 1.54) is 23.6 Å². The first-order valence-electron chi connectivity index (χ1n) is 11.0. The van der Waals surface area contributed by atoms with Gasteiger partial charge in [0.05, 0.1) is 5.54 Å². The van der Waals surface area contributed by atoms with E-state index in [1.807, 2.05) is 0 Å². The minimum absolute atomic E-state index is 0.111. The minimum atomic E-state index is -1.09. The molecule has 1 aliphatic carbocycles. The van der Waals surface area contributed by atoms with Crippen molar-refractivity contribution >= 4 is 29.3 Å². The summed E-state index contributed by atoms with van der Waals surface area (Å²) in [7, 11) is 2.95. The fraction of sp³-hybridized carbons (Fsp3) is 0.435. The maximum absolute atomic E-state index is 13.1. The van der Waals surface area contributed by atoms with Crippen molar-refractivity contribution in [1.82, 2.24) is 25.1 Å². The van der Waals surface area contributed by atoms with E-state index in [2.05, 4.69) is 15.6 Å². The number of rotatable bonds is 4. The Morgan fingerprint density at radius 2 is 1.97 bits per heavy atom. The molecule has 180 valence electrons. The standard InChI is InChI=1S/C23H26ClN5O5/c1-28(2)21(34)19(32)27-23-8-6-13(7-9-23)12-29-20(33)17(30)16(26-22(23)29)18(31)25-11-14-4-3-5-15(24)10-14/h3-5,10,13,30H,6-9,11-12H2,1-2H3,(H,25,31)(H,27,32). The highest BCUT2D eigenvalue weighted by Crippen LogP contribution is 2.42. The number of amides is 3. The van der Waals surface area contributed by atoms with Gasteiger partial charge in [-0.25, -0.2) is 4.98 Å². The van der Waals surface area contributed by atoms with Gasteiger partial charge in [0.1, 0.15) is 5.82 Å². The Kier molecular flexibility index (Phi) is 6.35.